The lowest BCUT2D eigenvalue weighted by atomic mass is 9.82. The van der Waals surface area contributed by atoms with E-state index < -0.39 is 0 Å². The van der Waals surface area contributed by atoms with E-state index in [-0.39, 0.29) is 6.04 Å². The summed E-state index contributed by atoms with van der Waals surface area (Å²) in [6, 6.07) is 2.33. The molecular weight excluding hydrogens is 194 g/mol. The van der Waals surface area contributed by atoms with Gasteiger partial charge in [-0.05, 0) is 41.7 Å². The Labute approximate surface area is 88.1 Å². The second kappa shape index (κ2) is 3.33. The third kappa shape index (κ3) is 1.31. The molecule has 1 aromatic heterocycles. The highest BCUT2D eigenvalue weighted by Gasteiger charge is 2.43. The van der Waals surface area contributed by atoms with Crippen LogP contribution in [0, 0.1) is 5.92 Å². The summed E-state index contributed by atoms with van der Waals surface area (Å²) in [6.07, 6.45) is 4.58. The van der Waals surface area contributed by atoms with Crippen molar-refractivity contribution >= 4 is 11.3 Å². The predicted molar refractivity (Wildman–Crippen MR) is 57.2 cm³/mol. The summed E-state index contributed by atoms with van der Waals surface area (Å²) in [7, 11) is 0. The minimum absolute atomic E-state index is 0.191. The summed E-state index contributed by atoms with van der Waals surface area (Å²) in [5.74, 6) is 0.559. The molecular formula is C11H15NOS. The lowest BCUT2D eigenvalue weighted by molar-refractivity contribution is 0.0885. The summed E-state index contributed by atoms with van der Waals surface area (Å²) in [6.45, 7) is 0. The van der Waals surface area contributed by atoms with E-state index in [1.807, 2.05) is 0 Å². The molecule has 14 heavy (non-hydrogen) atoms. The maximum Gasteiger partial charge on any atom is 0.0627 e. The SMILES string of the molecule is NC(c1ccsc1)C1CC2CCC1O2. The van der Waals surface area contributed by atoms with E-state index in [0.29, 0.717) is 18.1 Å². The van der Waals surface area contributed by atoms with E-state index in [4.69, 9.17) is 10.5 Å². The van der Waals surface area contributed by atoms with Crippen LogP contribution in [0.15, 0.2) is 16.8 Å². The largest absolute Gasteiger partial charge is 0.375 e. The zero-order valence-electron chi connectivity index (χ0n) is 8.06. The number of ether oxygens (including phenoxy) is 1. The van der Waals surface area contributed by atoms with Gasteiger partial charge >= 0.3 is 0 Å². The predicted octanol–water partition coefficient (Wildman–Crippen LogP) is 2.32. The van der Waals surface area contributed by atoms with E-state index in [9.17, 15) is 0 Å². The molecule has 2 N–H and O–H groups in total. The molecule has 4 atom stereocenters. The molecule has 4 unspecified atom stereocenters. The van der Waals surface area contributed by atoms with Crippen LogP contribution in [0.2, 0.25) is 0 Å². The third-order valence-electron chi connectivity index (χ3n) is 3.54. The average Bonchev–Trinajstić information content (AvgIpc) is 2.93. The number of nitrogens with two attached hydrogens (primary N) is 1. The van der Waals surface area contributed by atoms with Gasteiger partial charge in [-0.25, -0.2) is 0 Å². The van der Waals surface area contributed by atoms with Gasteiger partial charge in [0.25, 0.3) is 0 Å². The molecule has 2 nitrogen and oxygen atoms in total. The fraction of sp³-hybridized carbons (Fsp3) is 0.636. The Hall–Kier alpha value is -0.380. The Kier molecular flexibility index (Phi) is 2.11. The summed E-state index contributed by atoms with van der Waals surface area (Å²) in [4.78, 5) is 0. The first-order chi connectivity index (χ1) is 6.84. The lowest BCUT2D eigenvalue weighted by Gasteiger charge is -2.24. The molecule has 0 spiro atoms. The highest BCUT2D eigenvalue weighted by atomic mass is 32.1. The Morgan fingerprint density at radius 3 is 3.00 bits per heavy atom. The molecule has 76 valence electrons. The first-order valence-corrected chi connectivity index (χ1v) is 6.22. The van der Waals surface area contributed by atoms with Crippen LogP contribution in [0.25, 0.3) is 0 Å². The molecule has 2 aliphatic rings. The number of hydrogen-bond acceptors (Lipinski definition) is 3. The average molecular weight is 209 g/mol. The number of rotatable bonds is 2. The van der Waals surface area contributed by atoms with Crippen molar-refractivity contribution in [3.8, 4) is 0 Å². The molecule has 3 heteroatoms. The van der Waals surface area contributed by atoms with Gasteiger partial charge in [0, 0.05) is 12.0 Å². The maximum absolute atomic E-state index is 6.26. The molecule has 3 heterocycles. The van der Waals surface area contributed by atoms with Crippen LogP contribution in [-0.2, 0) is 4.74 Å². The van der Waals surface area contributed by atoms with Crippen LogP contribution in [-0.4, -0.2) is 12.2 Å². The van der Waals surface area contributed by atoms with Crippen LogP contribution in [0.1, 0.15) is 30.9 Å². The van der Waals surface area contributed by atoms with Gasteiger partial charge in [0.05, 0.1) is 12.2 Å². The normalized spacial score (nSPS) is 37.6. The van der Waals surface area contributed by atoms with E-state index in [1.165, 1.54) is 24.8 Å². The van der Waals surface area contributed by atoms with Crippen LogP contribution in [0.4, 0.5) is 0 Å². The lowest BCUT2D eigenvalue weighted by Crippen LogP contribution is -2.28. The highest BCUT2D eigenvalue weighted by Crippen LogP contribution is 2.43. The molecule has 0 aromatic carbocycles. The molecule has 0 saturated carbocycles. The summed E-state index contributed by atoms with van der Waals surface area (Å²) in [5, 5.41) is 4.26. The minimum atomic E-state index is 0.191. The summed E-state index contributed by atoms with van der Waals surface area (Å²) >= 11 is 1.73. The van der Waals surface area contributed by atoms with Gasteiger partial charge in [-0.15, -0.1) is 0 Å². The van der Waals surface area contributed by atoms with Gasteiger partial charge in [-0.1, -0.05) is 0 Å². The molecule has 2 aliphatic heterocycles. The van der Waals surface area contributed by atoms with Crippen molar-refractivity contribution < 1.29 is 4.74 Å². The quantitative estimate of drug-likeness (QED) is 0.811. The summed E-state index contributed by atoms with van der Waals surface area (Å²) in [5.41, 5.74) is 7.55. The monoisotopic (exact) mass is 209 g/mol. The van der Waals surface area contributed by atoms with E-state index in [2.05, 4.69) is 16.8 Å². The van der Waals surface area contributed by atoms with Crippen LogP contribution in [0.5, 0.6) is 0 Å². The van der Waals surface area contributed by atoms with Crippen molar-refractivity contribution in [2.24, 2.45) is 11.7 Å². The van der Waals surface area contributed by atoms with Crippen molar-refractivity contribution in [2.45, 2.75) is 37.5 Å². The minimum Gasteiger partial charge on any atom is -0.375 e. The second-order valence-electron chi connectivity index (χ2n) is 4.36. The fourth-order valence-electron chi connectivity index (χ4n) is 2.77. The number of hydrogen-bond donors (Lipinski definition) is 1. The smallest absolute Gasteiger partial charge is 0.0627 e. The Morgan fingerprint density at radius 1 is 1.50 bits per heavy atom. The van der Waals surface area contributed by atoms with E-state index in [0.717, 1.165) is 0 Å². The van der Waals surface area contributed by atoms with Crippen molar-refractivity contribution in [2.75, 3.05) is 0 Å². The molecule has 0 aliphatic carbocycles. The van der Waals surface area contributed by atoms with Gasteiger partial charge in [0.1, 0.15) is 0 Å². The topological polar surface area (TPSA) is 35.2 Å². The van der Waals surface area contributed by atoms with Crippen molar-refractivity contribution in [3.05, 3.63) is 22.4 Å². The maximum atomic E-state index is 6.26. The van der Waals surface area contributed by atoms with Crippen molar-refractivity contribution in [1.29, 1.82) is 0 Å². The van der Waals surface area contributed by atoms with Crippen molar-refractivity contribution in [3.63, 3.8) is 0 Å². The Morgan fingerprint density at radius 2 is 2.43 bits per heavy atom. The summed E-state index contributed by atoms with van der Waals surface area (Å²) < 4.78 is 5.83. The van der Waals surface area contributed by atoms with Crippen molar-refractivity contribution in [1.82, 2.24) is 0 Å². The van der Waals surface area contributed by atoms with Crippen LogP contribution < -0.4 is 5.73 Å². The van der Waals surface area contributed by atoms with Gasteiger partial charge in [-0.2, -0.15) is 11.3 Å². The Balaban J connectivity index is 1.77. The van der Waals surface area contributed by atoms with Gasteiger partial charge in [0.15, 0.2) is 0 Å². The van der Waals surface area contributed by atoms with E-state index in [1.54, 1.807) is 11.3 Å². The zero-order valence-corrected chi connectivity index (χ0v) is 8.87. The van der Waals surface area contributed by atoms with E-state index >= 15 is 0 Å². The van der Waals surface area contributed by atoms with Gasteiger partial charge in [0.2, 0.25) is 0 Å². The Bertz CT molecular complexity index is 311. The van der Waals surface area contributed by atoms with Gasteiger partial charge in [-0.3, -0.25) is 0 Å². The first-order valence-electron chi connectivity index (χ1n) is 5.28. The molecule has 3 rings (SSSR count). The standard InChI is InChI=1S/C11H15NOS/c12-11(7-3-4-14-6-7)9-5-8-1-2-10(9)13-8/h3-4,6,8-11H,1-2,5,12H2. The molecule has 0 amide bonds. The van der Waals surface area contributed by atoms with Gasteiger partial charge < -0.3 is 10.5 Å². The van der Waals surface area contributed by atoms with Crippen LogP contribution >= 0.6 is 11.3 Å². The third-order valence-corrected chi connectivity index (χ3v) is 4.24. The molecule has 2 bridgehead atoms. The fourth-order valence-corrected chi connectivity index (χ4v) is 3.47. The highest BCUT2D eigenvalue weighted by molar-refractivity contribution is 7.07. The molecule has 2 saturated heterocycles. The second-order valence-corrected chi connectivity index (χ2v) is 5.14. The zero-order chi connectivity index (χ0) is 9.54. The number of thiophene rings is 1. The molecule has 2 fully saturated rings. The number of fused-ring (bicyclic) bond motifs is 2. The molecule has 0 radical (unpaired) electrons. The molecule has 1 aromatic rings. The van der Waals surface area contributed by atoms with Crippen LogP contribution in [0.3, 0.4) is 0 Å². The first kappa shape index (κ1) is 8.89.